The van der Waals surface area contributed by atoms with Crippen LogP contribution in [0.3, 0.4) is 0 Å². The second kappa shape index (κ2) is 5.92. The Morgan fingerprint density at radius 1 is 1.27 bits per heavy atom. The Balaban J connectivity index is 2.20. The summed E-state index contributed by atoms with van der Waals surface area (Å²) in [5.41, 5.74) is 1.52. The second-order valence-electron chi connectivity index (χ2n) is 4.47. The molecule has 22 heavy (non-hydrogen) atoms. The van der Waals surface area contributed by atoms with Gasteiger partial charge >= 0.3 is 0 Å². The molecule has 0 bridgehead atoms. The number of thioether (sulfide) groups is 1. The van der Waals surface area contributed by atoms with Crippen molar-refractivity contribution < 1.29 is 4.42 Å². The van der Waals surface area contributed by atoms with E-state index in [1.165, 1.54) is 11.8 Å². The third-order valence-electron chi connectivity index (χ3n) is 3.14. The molecule has 1 N–H and O–H groups in total. The van der Waals surface area contributed by atoms with Crippen molar-refractivity contribution in [1.29, 1.82) is 5.26 Å². The summed E-state index contributed by atoms with van der Waals surface area (Å²) in [6.07, 6.45) is 3.41. The number of nitrogens with zero attached hydrogens (tertiary/aromatic N) is 2. The monoisotopic (exact) mass is 309 g/mol. The van der Waals surface area contributed by atoms with Gasteiger partial charge in [0.05, 0.1) is 12.0 Å². The van der Waals surface area contributed by atoms with Gasteiger partial charge in [-0.15, -0.1) is 0 Å². The van der Waals surface area contributed by atoms with Crippen LogP contribution in [0.2, 0.25) is 0 Å². The first-order valence-corrected chi connectivity index (χ1v) is 7.68. The fourth-order valence-electron chi connectivity index (χ4n) is 2.12. The highest BCUT2D eigenvalue weighted by Crippen LogP contribution is 2.27. The SMILES string of the molecule is CSc1nc(-c2cccc(-c3ccco3)c2)c(C#N)c(=O)[nH]1. The van der Waals surface area contributed by atoms with Crippen LogP contribution in [0.15, 0.2) is 57.0 Å². The molecular weight excluding hydrogens is 298 g/mol. The predicted molar refractivity (Wildman–Crippen MR) is 84.5 cm³/mol. The zero-order valence-electron chi connectivity index (χ0n) is 11.7. The normalized spacial score (nSPS) is 10.4. The molecule has 0 aliphatic rings. The van der Waals surface area contributed by atoms with Gasteiger partial charge in [0, 0.05) is 11.1 Å². The Morgan fingerprint density at radius 3 is 2.77 bits per heavy atom. The number of aromatic nitrogens is 2. The molecule has 0 saturated carbocycles. The molecule has 0 fully saturated rings. The van der Waals surface area contributed by atoms with E-state index < -0.39 is 5.56 Å². The topological polar surface area (TPSA) is 82.7 Å². The first kappa shape index (κ1) is 14.2. The van der Waals surface area contributed by atoms with E-state index in [2.05, 4.69) is 9.97 Å². The molecule has 6 heteroatoms. The van der Waals surface area contributed by atoms with E-state index in [0.29, 0.717) is 16.4 Å². The fraction of sp³-hybridized carbons (Fsp3) is 0.0625. The average Bonchev–Trinajstić information content (AvgIpc) is 3.08. The minimum atomic E-state index is -0.430. The zero-order chi connectivity index (χ0) is 15.5. The van der Waals surface area contributed by atoms with E-state index in [4.69, 9.17) is 4.42 Å². The Kier molecular flexibility index (Phi) is 3.81. The van der Waals surface area contributed by atoms with Crippen molar-refractivity contribution in [2.75, 3.05) is 6.26 Å². The Morgan fingerprint density at radius 2 is 2.09 bits per heavy atom. The van der Waals surface area contributed by atoms with Crippen LogP contribution >= 0.6 is 11.8 Å². The van der Waals surface area contributed by atoms with Crippen LogP contribution in [0, 0.1) is 11.3 Å². The van der Waals surface area contributed by atoms with E-state index in [1.54, 1.807) is 12.3 Å². The summed E-state index contributed by atoms with van der Waals surface area (Å²) in [4.78, 5) is 18.9. The van der Waals surface area contributed by atoms with Crippen molar-refractivity contribution in [1.82, 2.24) is 9.97 Å². The van der Waals surface area contributed by atoms with Gasteiger partial charge in [0.1, 0.15) is 17.4 Å². The summed E-state index contributed by atoms with van der Waals surface area (Å²) in [6, 6.07) is 13.0. The number of furan rings is 1. The molecule has 3 rings (SSSR count). The molecule has 0 aliphatic heterocycles. The molecule has 0 amide bonds. The molecule has 0 aliphatic carbocycles. The van der Waals surface area contributed by atoms with Gasteiger partial charge in [-0.25, -0.2) is 4.98 Å². The summed E-state index contributed by atoms with van der Waals surface area (Å²) in [5.74, 6) is 0.718. The molecule has 0 spiro atoms. The van der Waals surface area contributed by atoms with Gasteiger partial charge in [-0.2, -0.15) is 5.26 Å². The molecule has 0 radical (unpaired) electrons. The third kappa shape index (κ3) is 2.54. The minimum Gasteiger partial charge on any atom is -0.464 e. The molecule has 1 aromatic carbocycles. The van der Waals surface area contributed by atoms with Crippen molar-refractivity contribution in [2.24, 2.45) is 0 Å². The van der Waals surface area contributed by atoms with Crippen molar-refractivity contribution in [3.8, 4) is 28.7 Å². The van der Waals surface area contributed by atoms with Crippen molar-refractivity contribution >= 4 is 11.8 Å². The first-order chi connectivity index (χ1) is 10.7. The Bertz CT molecular complexity index is 908. The van der Waals surface area contributed by atoms with Gasteiger partial charge in [0.25, 0.3) is 5.56 Å². The highest BCUT2D eigenvalue weighted by atomic mass is 32.2. The zero-order valence-corrected chi connectivity index (χ0v) is 12.5. The Labute approximate surface area is 130 Å². The maximum Gasteiger partial charge on any atom is 0.270 e. The van der Waals surface area contributed by atoms with Crippen LogP contribution in [0.5, 0.6) is 0 Å². The van der Waals surface area contributed by atoms with Crippen LogP contribution in [-0.4, -0.2) is 16.2 Å². The molecule has 0 unspecified atom stereocenters. The van der Waals surface area contributed by atoms with Gasteiger partial charge < -0.3 is 9.40 Å². The molecular formula is C16H11N3O2S. The number of nitriles is 1. The maximum absolute atomic E-state index is 12.0. The van der Waals surface area contributed by atoms with Gasteiger partial charge in [0.2, 0.25) is 0 Å². The van der Waals surface area contributed by atoms with Crippen LogP contribution in [0.1, 0.15) is 5.56 Å². The lowest BCUT2D eigenvalue weighted by Gasteiger charge is -2.06. The molecule has 0 saturated heterocycles. The fourth-order valence-corrected chi connectivity index (χ4v) is 2.50. The van der Waals surface area contributed by atoms with Crippen LogP contribution in [-0.2, 0) is 0 Å². The standard InChI is InChI=1S/C16H11N3O2S/c1-22-16-18-14(12(9-17)15(20)19-16)11-5-2-4-10(8-11)13-6-3-7-21-13/h2-8H,1H3,(H,18,19,20). The number of hydrogen-bond acceptors (Lipinski definition) is 5. The number of nitrogens with one attached hydrogen (secondary N) is 1. The third-order valence-corrected chi connectivity index (χ3v) is 3.72. The smallest absolute Gasteiger partial charge is 0.270 e. The van der Waals surface area contributed by atoms with Gasteiger partial charge in [0.15, 0.2) is 5.16 Å². The number of aromatic amines is 1. The summed E-state index contributed by atoms with van der Waals surface area (Å²) in [6.45, 7) is 0. The van der Waals surface area contributed by atoms with E-state index in [0.717, 1.165) is 11.3 Å². The number of rotatable bonds is 3. The lowest BCUT2D eigenvalue weighted by Crippen LogP contribution is -2.14. The average molecular weight is 309 g/mol. The molecule has 3 aromatic rings. The van der Waals surface area contributed by atoms with Gasteiger partial charge in [-0.05, 0) is 24.5 Å². The summed E-state index contributed by atoms with van der Waals surface area (Å²) >= 11 is 1.32. The predicted octanol–water partition coefficient (Wildman–Crippen LogP) is 3.29. The largest absolute Gasteiger partial charge is 0.464 e. The number of benzene rings is 1. The minimum absolute atomic E-state index is 0.00870. The van der Waals surface area contributed by atoms with Crippen LogP contribution in [0.4, 0.5) is 0 Å². The van der Waals surface area contributed by atoms with Gasteiger partial charge in [-0.3, -0.25) is 4.79 Å². The molecule has 2 heterocycles. The summed E-state index contributed by atoms with van der Waals surface area (Å²) in [7, 11) is 0. The molecule has 2 aromatic heterocycles. The van der Waals surface area contributed by atoms with Crippen molar-refractivity contribution in [3.05, 3.63) is 58.6 Å². The highest BCUT2D eigenvalue weighted by molar-refractivity contribution is 7.98. The van der Waals surface area contributed by atoms with E-state index in [1.807, 2.05) is 42.7 Å². The number of H-pyrrole nitrogens is 1. The van der Waals surface area contributed by atoms with Gasteiger partial charge in [-0.1, -0.05) is 30.0 Å². The van der Waals surface area contributed by atoms with Crippen molar-refractivity contribution in [2.45, 2.75) is 5.16 Å². The number of hydrogen-bond donors (Lipinski definition) is 1. The highest BCUT2D eigenvalue weighted by Gasteiger charge is 2.14. The Hall–Kier alpha value is -2.78. The van der Waals surface area contributed by atoms with Crippen molar-refractivity contribution in [3.63, 3.8) is 0 Å². The second-order valence-corrected chi connectivity index (χ2v) is 5.26. The van der Waals surface area contributed by atoms with E-state index in [9.17, 15) is 10.1 Å². The maximum atomic E-state index is 12.0. The lowest BCUT2D eigenvalue weighted by molar-refractivity contribution is 0.582. The van der Waals surface area contributed by atoms with E-state index in [-0.39, 0.29) is 5.56 Å². The van der Waals surface area contributed by atoms with Crippen LogP contribution in [0.25, 0.3) is 22.6 Å². The van der Waals surface area contributed by atoms with E-state index >= 15 is 0 Å². The molecule has 5 nitrogen and oxygen atoms in total. The quantitative estimate of drug-likeness (QED) is 0.593. The molecule has 0 atom stereocenters. The summed E-state index contributed by atoms with van der Waals surface area (Å²) < 4.78 is 5.38. The summed E-state index contributed by atoms with van der Waals surface area (Å²) in [5, 5.41) is 9.72. The first-order valence-electron chi connectivity index (χ1n) is 6.45. The molecule has 108 valence electrons. The van der Waals surface area contributed by atoms with Crippen LogP contribution < -0.4 is 5.56 Å². The lowest BCUT2D eigenvalue weighted by atomic mass is 10.0.